The maximum Gasteiger partial charge on any atom is 0.223 e. The molecule has 6 nitrogen and oxygen atoms in total. The largest absolute Gasteiger partial charge is 0.488 e. The average Bonchev–Trinajstić information content (AvgIpc) is 3.31. The highest BCUT2D eigenvalue weighted by molar-refractivity contribution is 5.76. The third-order valence-electron chi connectivity index (χ3n) is 5.62. The maximum absolute atomic E-state index is 13.0. The normalized spacial score (nSPS) is 27.4. The number of hydrogen-bond acceptors (Lipinski definition) is 5. The van der Waals surface area contributed by atoms with Gasteiger partial charge in [-0.1, -0.05) is 5.16 Å². The molecule has 1 aliphatic heterocycles. The van der Waals surface area contributed by atoms with Crippen LogP contribution in [0.4, 0.5) is 4.39 Å². The number of carbonyl (C=O) groups excluding carboxylic acids is 1. The monoisotopic (exact) mass is 374 g/mol. The van der Waals surface area contributed by atoms with Crippen LogP contribution in [0.2, 0.25) is 0 Å². The molecule has 2 fully saturated rings. The number of nitrogens with zero attached hydrogens (tertiary/aromatic N) is 2. The van der Waals surface area contributed by atoms with Crippen molar-refractivity contribution in [3.8, 4) is 5.75 Å². The van der Waals surface area contributed by atoms with E-state index in [2.05, 4.69) is 5.16 Å². The molecule has 0 spiro atoms. The van der Waals surface area contributed by atoms with Crippen LogP contribution in [0.15, 0.2) is 41.1 Å². The highest BCUT2D eigenvalue weighted by Crippen LogP contribution is 2.38. The van der Waals surface area contributed by atoms with Crippen molar-refractivity contribution in [2.45, 2.75) is 37.9 Å². The van der Waals surface area contributed by atoms with Crippen molar-refractivity contribution in [1.29, 1.82) is 0 Å². The minimum absolute atomic E-state index is 0.103. The second kappa shape index (κ2) is 7.68. The molecule has 0 bridgehead atoms. The molecule has 2 aliphatic rings. The zero-order valence-electron chi connectivity index (χ0n) is 15.0. The Morgan fingerprint density at radius 2 is 1.96 bits per heavy atom. The van der Waals surface area contributed by atoms with Gasteiger partial charge in [0.05, 0.1) is 12.3 Å². The molecule has 7 heteroatoms. The molecule has 144 valence electrons. The van der Waals surface area contributed by atoms with Gasteiger partial charge in [-0.05, 0) is 48.9 Å². The van der Waals surface area contributed by atoms with E-state index in [1.807, 2.05) is 4.90 Å². The number of amides is 1. The predicted octanol–water partition coefficient (Wildman–Crippen LogP) is 2.42. The first-order chi connectivity index (χ1) is 13.1. The molecule has 2 aromatic rings. The third kappa shape index (κ3) is 4.13. The Hall–Kier alpha value is -2.41. The minimum atomic E-state index is -0.583. The Labute approximate surface area is 156 Å². The molecule has 1 aliphatic carbocycles. The van der Waals surface area contributed by atoms with Gasteiger partial charge in [0, 0.05) is 32.0 Å². The van der Waals surface area contributed by atoms with Gasteiger partial charge in [0.15, 0.2) is 0 Å². The van der Waals surface area contributed by atoms with E-state index in [0.717, 1.165) is 0 Å². The fraction of sp³-hybridized carbons (Fsp3) is 0.500. The number of ether oxygens (including phenoxy) is 1. The molecule has 27 heavy (non-hydrogen) atoms. The number of aliphatic hydroxyl groups excluding tert-OH is 1. The lowest BCUT2D eigenvalue weighted by Gasteiger charge is -2.35. The summed E-state index contributed by atoms with van der Waals surface area (Å²) in [6, 6.07) is 7.60. The van der Waals surface area contributed by atoms with Crippen LogP contribution in [0, 0.1) is 17.7 Å². The van der Waals surface area contributed by atoms with E-state index in [0.29, 0.717) is 62.1 Å². The zero-order valence-corrected chi connectivity index (χ0v) is 15.0. The quantitative estimate of drug-likeness (QED) is 0.870. The van der Waals surface area contributed by atoms with Crippen molar-refractivity contribution in [2.75, 3.05) is 13.1 Å². The number of fused-ring (bicyclic) bond motifs is 1. The van der Waals surface area contributed by atoms with E-state index in [-0.39, 0.29) is 17.8 Å². The first-order valence-corrected chi connectivity index (χ1v) is 9.36. The highest BCUT2D eigenvalue weighted by atomic mass is 19.1. The first-order valence-electron chi connectivity index (χ1n) is 9.36. The van der Waals surface area contributed by atoms with Gasteiger partial charge in [-0.25, -0.2) is 4.39 Å². The van der Waals surface area contributed by atoms with Crippen LogP contribution >= 0.6 is 0 Å². The number of carbonyl (C=O) groups is 1. The Morgan fingerprint density at radius 3 is 2.67 bits per heavy atom. The summed E-state index contributed by atoms with van der Waals surface area (Å²) in [6.45, 7) is 1.37. The summed E-state index contributed by atoms with van der Waals surface area (Å²) in [5.41, 5.74) is 0. The van der Waals surface area contributed by atoms with Crippen molar-refractivity contribution in [1.82, 2.24) is 10.1 Å². The summed E-state index contributed by atoms with van der Waals surface area (Å²) in [5, 5.41) is 14.1. The molecule has 0 unspecified atom stereocenters. The molecule has 1 amide bonds. The summed E-state index contributed by atoms with van der Waals surface area (Å²) in [7, 11) is 0. The van der Waals surface area contributed by atoms with Crippen LogP contribution in [0.5, 0.6) is 5.75 Å². The van der Waals surface area contributed by atoms with Crippen molar-refractivity contribution in [3.63, 3.8) is 0 Å². The lowest BCUT2D eigenvalue weighted by atomic mass is 9.78. The fourth-order valence-electron chi connectivity index (χ4n) is 4.17. The summed E-state index contributed by atoms with van der Waals surface area (Å²) >= 11 is 0. The van der Waals surface area contributed by atoms with Gasteiger partial charge in [0.1, 0.15) is 23.4 Å². The predicted molar refractivity (Wildman–Crippen MR) is 94.4 cm³/mol. The number of aliphatic hydroxyl groups is 1. The first kappa shape index (κ1) is 18.0. The van der Waals surface area contributed by atoms with Gasteiger partial charge in [-0.3, -0.25) is 4.79 Å². The molecular formula is C20H23FN2O4. The number of likely N-dealkylation sites (tertiary alicyclic amines) is 1. The molecular weight excluding hydrogens is 351 g/mol. The van der Waals surface area contributed by atoms with Crippen molar-refractivity contribution in [3.05, 3.63) is 48.1 Å². The van der Waals surface area contributed by atoms with Gasteiger partial charge in [-0.15, -0.1) is 0 Å². The van der Waals surface area contributed by atoms with Crippen molar-refractivity contribution >= 4 is 5.91 Å². The van der Waals surface area contributed by atoms with E-state index in [1.54, 1.807) is 24.4 Å². The molecule has 4 rings (SSSR count). The number of halogens is 1. The SMILES string of the molecule is O=C(CCc1ccno1)N1C[C@H]2C[C@@H](Oc3ccc(F)cc3)[C@H](O)C[C@H]2C1. The van der Waals surface area contributed by atoms with Gasteiger partial charge >= 0.3 is 0 Å². The third-order valence-corrected chi connectivity index (χ3v) is 5.62. The lowest BCUT2D eigenvalue weighted by Crippen LogP contribution is -2.42. The van der Waals surface area contributed by atoms with E-state index in [9.17, 15) is 14.3 Å². The summed E-state index contributed by atoms with van der Waals surface area (Å²) in [4.78, 5) is 14.4. The Morgan fingerprint density at radius 1 is 1.22 bits per heavy atom. The molecule has 2 heterocycles. The summed E-state index contributed by atoms with van der Waals surface area (Å²) in [5.74, 6) is 1.66. The van der Waals surface area contributed by atoms with Crippen LogP contribution in [-0.4, -0.2) is 46.4 Å². The smallest absolute Gasteiger partial charge is 0.223 e. The van der Waals surface area contributed by atoms with Gasteiger partial charge in [0.25, 0.3) is 0 Å². The molecule has 1 saturated carbocycles. The second-order valence-corrected chi connectivity index (χ2v) is 7.45. The molecule has 1 aromatic carbocycles. The van der Waals surface area contributed by atoms with Gasteiger partial charge < -0.3 is 19.3 Å². The van der Waals surface area contributed by atoms with Crippen LogP contribution in [0.1, 0.15) is 25.0 Å². The molecule has 0 radical (unpaired) electrons. The summed E-state index contributed by atoms with van der Waals surface area (Å²) < 4.78 is 24.0. The highest BCUT2D eigenvalue weighted by Gasteiger charge is 2.43. The number of aromatic nitrogens is 1. The number of benzene rings is 1. The molecule has 1 N–H and O–H groups in total. The second-order valence-electron chi connectivity index (χ2n) is 7.45. The van der Waals surface area contributed by atoms with Gasteiger partial charge in [0.2, 0.25) is 5.91 Å². The van der Waals surface area contributed by atoms with E-state index in [4.69, 9.17) is 9.26 Å². The maximum atomic E-state index is 13.0. The topological polar surface area (TPSA) is 75.8 Å². The molecule has 1 aromatic heterocycles. The van der Waals surface area contributed by atoms with E-state index >= 15 is 0 Å². The Kier molecular flexibility index (Phi) is 5.11. The Bertz CT molecular complexity index is 765. The van der Waals surface area contributed by atoms with E-state index in [1.165, 1.54) is 12.1 Å². The van der Waals surface area contributed by atoms with Crippen molar-refractivity contribution < 1.29 is 23.6 Å². The molecule has 1 saturated heterocycles. The lowest BCUT2D eigenvalue weighted by molar-refractivity contribution is -0.130. The summed E-state index contributed by atoms with van der Waals surface area (Å²) in [6.07, 6.45) is 2.90. The molecule has 4 atom stereocenters. The van der Waals surface area contributed by atoms with Crippen LogP contribution in [0.25, 0.3) is 0 Å². The Balaban J connectivity index is 1.32. The number of hydrogen-bond donors (Lipinski definition) is 1. The van der Waals surface area contributed by atoms with E-state index < -0.39 is 6.10 Å². The fourth-order valence-corrected chi connectivity index (χ4v) is 4.17. The standard InChI is InChI=1S/C20H23FN2O4/c21-15-1-3-16(4-2-15)26-19-10-14-12-23(11-13(14)9-18(19)24)20(25)6-5-17-7-8-22-27-17/h1-4,7-8,13-14,18-19,24H,5-6,9-12H2/t13-,14+,18+,19+/m0/s1. The number of aryl methyl sites for hydroxylation is 1. The van der Waals surface area contributed by atoms with Crippen LogP contribution < -0.4 is 4.74 Å². The minimum Gasteiger partial charge on any atom is -0.488 e. The number of rotatable bonds is 5. The average molecular weight is 374 g/mol. The van der Waals surface area contributed by atoms with Crippen LogP contribution in [-0.2, 0) is 11.2 Å². The van der Waals surface area contributed by atoms with Crippen molar-refractivity contribution in [2.24, 2.45) is 11.8 Å². The van der Waals surface area contributed by atoms with Gasteiger partial charge in [-0.2, -0.15) is 0 Å². The van der Waals surface area contributed by atoms with Crippen LogP contribution in [0.3, 0.4) is 0 Å². The zero-order chi connectivity index (χ0) is 18.8.